The number of aromatic nitrogens is 4. The SMILES string of the molecule is CCS(=O)(=O)NCCc1nnc2ccc(NCCCO)nn12. The fourth-order valence-electron chi connectivity index (χ4n) is 1.80. The molecular formula is C12H20N6O3S. The summed E-state index contributed by atoms with van der Waals surface area (Å²) in [7, 11) is -3.21. The Labute approximate surface area is 128 Å². The lowest BCUT2D eigenvalue weighted by molar-refractivity contribution is 0.292. The third kappa shape index (κ3) is 4.36. The van der Waals surface area contributed by atoms with Gasteiger partial charge in [-0.15, -0.1) is 15.3 Å². The highest BCUT2D eigenvalue weighted by Gasteiger charge is 2.10. The summed E-state index contributed by atoms with van der Waals surface area (Å²) in [5.41, 5.74) is 0.598. The first-order valence-corrected chi connectivity index (χ1v) is 8.74. The molecule has 0 saturated heterocycles. The average Bonchev–Trinajstić information content (AvgIpc) is 2.90. The first-order valence-electron chi connectivity index (χ1n) is 7.09. The van der Waals surface area contributed by atoms with Crippen molar-refractivity contribution in [2.24, 2.45) is 0 Å². The molecule has 0 unspecified atom stereocenters. The lowest BCUT2D eigenvalue weighted by atomic mass is 10.4. The van der Waals surface area contributed by atoms with Gasteiger partial charge in [-0.3, -0.25) is 0 Å². The topological polar surface area (TPSA) is 122 Å². The Bertz CT molecular complexity index is 715. The zero-order chi connectivity index (χ0) is 16.0. The maximum absolute atomic E-state index is 11.4. The van der Waals surface area contributed by atoms with Gasteiger partial charge in [-0.1, -0.05) is 0 Å². The highest BCUT2D eigenvalue weighted by atomic mass is 32.2. The molecule has 0 atom stereocenters. The molecule has 0 saturated carbocycles. The van der Waals surface area contributed by atoms with E-state index in [4.69, 9.17) is 5.11 Å². The van der Waals surface area contributed by atoms with Gasteiger partial charge in [0.2, 0.25) is 10.0 Å². The van der Waals surface area contributed by atoms with Gasteiger partial charge in [-0.05, 0) is 25.5 Å². The van der Waals surface area contributed by atoms with Crippen molar-refractivity contribution in [2.75, 3.05) is 30.8 Å². The zero-order valence-electron chi connectivity index (χ0n) is 12.4. The zero-order valence-corrected chi connectivity index (χ0v) is 13.2. The average molecular weight is 328 g/mol. The van der Waals surface area contributed by atoms with E-state index in [9.17, 15) is 8.42 Å². The minimum Gasteiger partial charge on any atom is -0.396 e. The van der Waals surface area contributed by atoms with Crippen LogP contribution < -0.4 is 10.0 Å². The number of rotatable bonds is 9. The number of fused-ring (bicyclic) bond motifs is 1. The maximum atomic E-state index is 11.4. The Hall–Kier alpha value is -1.78. The molecule has 0 aliphatic rings. The quantitative estimate of drug-likeness (QED) is 0.525. The van der Waals surface area contributed by atoms with Gasteiger partial charge in [-0.25, -0.2) is 13.1 Å². The largest absolute Gasteiger partial charge is 0.396 e. The van der Waals surface area contributed by atoms with Crippen LogP contribution in [0.4, 0.5) is 5.82 Å². The smallest absolute Gasteiger partial charge is 0.211 e. The van der Waals surface area contributed by atoms with Gasteiger partial charge < -0.3 is 10.4 Å². The summed E-state index contributed by atoms with van der Waals surface area (Å²) in [4.78, 5) is 0. The van der Waals surface area contributed by atoms with Crippen LogP contribution in [0, 0.1) is 0 Å². The van der Waals surface area contributed by atoms with Gasteiger partial charge in [0.05, 0.1) is 5.75 Å². The van der Waals surface area contributed by atoms with E-state index >= 15 is 0 Å². The van der Waals surface area contributed by atoms with Gasteiger partial charge in [-0.2, -0.15) is 4.52 Å². The number of hydrogen-bond donors (Lipinski definition) is 3. The van der Waals surface area contributed by atoms with Gasteiger partial charge in [0.25, 0.3) is 0 Å². The Kier molecular flexibility index (Phi) is 5.63. The molecule has 3 N–H and O–H groups in total. The van der Waals surface area contributed by atoms with Gasteiger partial charge in [0, 0.05) is 26.1 Å². The maximum Gasteiger partial charge on any atom is 0.211 e. The van der Waals surface area contributed by atoms with Crippen LogP contribution in [0.25, 0.3) is 5.65 Å². The fraction of sp³-hybridized carbons (Fsp3) is 0.583. The van der Waals surface area contributed by atoms with Crippen LogP contribution in [0.5, 0.6) is 0 Å². The van der Waals surface area contributed by atoms with Crippen molar-refractivity contribution < 1.29 is 13.5 Å². The van der Waals surface area contributed by atoms with Crippen LogP contribution >= 0.6 is 0 Å². The molecule has 0 fully saturated rings. The fourth-order valence-corrected chi connectivity index (χ4v) is 2.42. The minimum absolute atomic E-state index is 0.0464. The third-order valence-electron chi connectivity index (χ3n) is 3.02. The van der Waals surface area contributed by atoms with Crippen molar-refractivity contribution >= 4 is 21.5 Å². The normalized spacial score (nSPS) is 11.9. The number of sulfonamides is 1. The van der Waals surface area contributed by atoms with Crippen molar-refractivity contribution in [3.05, 3.63) is 18.0 Å². The van der Waals surface area contributed by atoms with Crippen LogP contribution in [-0.2, 0) is 16.4 Å². The summed E-state index contributed by atoms with van der Waals surface area (Å²) >= 11 is 0. The molecule has 2 rings (SSSR count). The first-order chi connectivity index (χ1) is 10.6. The Morgan fingerprint density at radius 2 is 2.09 bits per heavy atom. The molecule has 2 aromatic rings. The van der Waals surface area contributed by atoms with E-state index in [-0.39, 0.29) is 18.9 Å². The van der Waals surface area contributed by atoms with Crippen molar-refractivity contribution in [3.63, 3.8) is 0 Å². The summed E-state index contributed by atoms with van der Waals surface area (Å²) in [5, 5.41) is 24.2. The van der Waals surface area contributed by atoms with E-state index in [0.717, 1.165) is 0 Å². The van der Waals surface area contributed by atoms with Crippen molar-refractivity contribution in [1.82, 2.24) is 24.5 Å². The van der Waals surface area contributed by atoms with E-state index in [1.54, 1.807) is 23.6 Å². The molecule has 0 spiro atoms. The molecule has 10 heteroatoms. The standard InChI is InChI=1S/C12H20N6O3S/c1-2-22(20,21)14-8-6-12-16-15-11-5-4-10(17-18(11)12)13-7-3-9-19/h4-5,14,19H,2-3,6-9H2,1H3,(H,13,17). The molecule has 122 valence electrons. The molecule has 2 aromatic heterocycles. The molecule has 0 bridgehead atoms. The molecule has 2 heterocycles. The second-order valence-electron chi connectivity index (χ2n) is 4.66. The summed E-state index contributed by atoms with van der Waals surface area (Å²) < 4.78 is 26.9. The summed E-state index contributed by atoms with van der Waals surface area (Å²) in [6.07, 6.45) is 1.03. The van der Waals surface area contributed by atoms with Crippen molar-refractivity contribution in [3.8, 4) is 0 Å². The number of anilines is 1. The van der Waals surface area contributed by atoms with E-state index in [2.05, 4.69) is 25.3 Å². The van der Waals surface area contributed by atoms with E-state index in [1.165, 1.54) is 0 Å². The summed E-state index contributed by atoms with van der Waals surface area (Å²) in [6.45, 7) is 2.56. The second kappa shape index (κ2) is 7.47. The van der Waals surface area contributed by atoms with Crippen LogP contribution in [0.1, 0.15) is 19.2 Å². The van der Waals surface area contributed by atoms with Gasteiger partial charge >= 0.3 is 0 Å². The van der Waals surface area contributed by atoms with Crippen molar-refractivity contribution in [1.29, 1.82) is 0 Å². The number of hydrogen-bond acceptors (Lipinski definition) is 7. The number of nitrogens with zero attached hydrogens (tertiary/aromatic N) is 4. The minimum atomic E-state index is -3.21. The lowest BCUT2D eigenvalue weighted by Crippen LogP contribution is -2.27. The molecular weight excluding hydrogens is 308 g/mol. The highest BCUT2D eigenvalue weighted by Crippen LogP contribution is 2.07. The predicted octanol–water partition coefficient (Wildman–Crippen LogP) is -0.600. The van der Waals surface area contributed by atoms with E-state index in [0.29, 0.717) is 36.7 Å². The molecule has 0 aromatic carbocycles. The van der Waals surface area contributed by atoms with E-state index < -0.39 is 10.0 Å². The Morgan fingerprint density at radius 3 is 2.82 bits per heavy atom. The molecule has 0 aliphatic carbocycles. The molecule has 0 amide bonds. The highest BCUT2D eigenvalue weighted by molar-refractivity contribution is 7.89. The molecule has 0 aliphatic heterocycles. The number of nitrogens with one attached hydrogen (secondary N) is 2. The predicted molar refractivity (Wildman–Crippen MR) is 82.1 cm³/mol. The molecule has 22 heavy (non-hydrogen) atoms. The second-order valence-corrected chi connectivity index (χ2v) is 6.75. The van der Waals surface area contributed by atoms with Crippen molar-refractivity contribution in [2.45, 2.75) is 19.8 Å². The van der Waals surface area contributed by atoms with Crippen LogP contribution in [0.3, 0.4) is 0 Å². The Morgan fingerprint density at radius 1 is 1.27 bits per heavy atom. The molecule has 0 radical (unpaired) electrons. The monoisotopic (exact) mass is 328 g/mol. The van der Waals surface area contributed by atoms with Crippen LogP contribution in [-0.4, -0.2) is 58.8 Å². The van der Waals surface area contributed by atoms with Gasteiger partial charge in [0.1, 0.15) is 5.82 Å². The third-order valence-corrected chi connectivity index (χ3v) is 4.42. The lowest BCUT2D eigenvalue weighted by Gasteiger charge is -2.06. The van der Waals surface area contributed by atoms with Crippen LogP contribution in [0.2, 0.25) is 0 Å². The Balaban J connectivity index is 2.05. The van der Waals surface area contributed by atoms with E-state index in [1.807, 2.05) is 0 Å². The number of aliphatic hydroxyl groups is 1. The summed E-state index contributed by atoms with van der Waals surface area (Å²) in [6, 6.07) is 3.56. The van der Waals surface area contributed by atoms with Crippen LogP contribution in [0.15, 0.2) is 12.1 Å². The summed E-state index contributed by atoms with van der Waals surface area (Å²) in [5.74, 6) is 1.28. The first kappa shape index (κ1) is 16.6. The molecule has 9 nitrogen and oxygen atoms in total. The number of aliphatic hydroxyl groups excluding tert-OH is 1. The van der Waals surface area contributed by atoms with Gasteiger partial charge in [0.15, 0.2) is 11.5 Å².